The Bertz CT molecular complexity index is 1070. The third kappa shape index (κ3) is 3.24. The molecule has 1 aliphatic rings. The van der Waals surface area contributed by atoms with Gasteiger partial charge in [0, 0.05) is 23.3 Å². The Kier molecular flexibility index (Phi) is 4.51. The number of methoxy groups -OCH3 is 2. The van der Waals surface area contributed by atoms with Crippen molar-refractivity contribution in [3.8, 4) is 17.6 Å². The van der Waals surface area contributed by atoms with Gasteiger partial charge in [-0.25, -0.2) is 0 Å². The number of ether oxygens (including phenoxy) is 2. The van der Waals surface area contributed by atoms with Gasteiger partial charge in [0.05, 0.1) is 36.0 Å². The maximum absolute atomic E-state index is 9.61. The summed E-state index contributed by atoms with van der Waals surface area (Å²) in [6, 6.07) is 11.7. The van der Waals surface area contributed by atoms with Crippen LogP contribution in [0.4, 0.5) is 11.4 Å². The van der Waals surface area contributed by atoms with Crippen LogP contribution in [0.1, 0.15) is 29.9 Å². The molecule has 27 heavy (non-hydrogen) atoms. The minimum absolute atomic E-state index is 0.464. The van der Waals surface area contributed by atoms with Gasteiger partial charge in [0.25, 0.3) is 0 Å². The molecule has 2 aromatic carbocycles. The zero-order chi connectivity index (χ0) is 19.0. The number of fused-ring (bicyclic) bond motifs is 1. The first-order chi connectivity index (χ1) is 13.1. The lowest BCUT2D eigenvalue weighted by Gasteiger charge is -2.17. The van der Waals surface area contributed by atoms with Crippen molar-refractivity contribution >= 4 is 33.9 Å². The number of hydrogen-bond donors (Lipinski definition) is 1. The summed E-state index contributed by atoms with van der Waals surface area (Å²) in [5.41, 5.74) is 3.98. The quantitative estimate of drug-likeness (QED) is 0.643. The number of hydrogen-bond acceptors (Lipinski definition) is 5. The van der Waals surface area contributed by atoms with E-state index in [2.05, 4.69) is 16.4 Å². The third-order valence-corrected chi connectivity index (χ3v) is 5.09. The molecule has 1 aliphatic carbocycles. The molecule has 0 atom stereocenters. The predicted molar refractivity (Wildman–Crippen MR) is 106 cm³/mol. The molecule has 1 saturated carbocycles. The van der Waals surface area contributed by atoms with E-state index in [1.54, 1.807) is 20.4 Å². The SMILES string of the molecule is COc1ccc2ncc(C#N)c(Nc3cc(OC)c(Cl)cc3C3CC3)c2c1. The summed E-state index contributed by atoms with van der Waals surface area (Å²) >= 11 is 6.34. The van der Waals surface area contributed by atoms with Crippen molar-refractivity contribution in [2.45, 2.75) is 18.8 Å². The smallest absolute Gasteiger partial charge is 0.139 e. The number of rotatable bonds is 5. The number of anilines is 2. The third-order valence-electron chi connectivity index (χ3n) is 4.80. The molecular formula is C21H18ClN3O2. The van der Waals surface area contributed by atoms with Gasteiger partial charge in [0.15, 0.2) is 0 Å². The highest BCUT2D eigenvalue weighted by molar-refractivity contribution is 6.32. The summed E-state index contributed by atoms with van der Waals surface area (Å²) in [4.78, 5) is 4.38. The van der Waals surface area contributed by atoms with E-state index in [1.165, 1.54) is 0 Å². The minimum Gasteiger partial charge on any atom is -0.497 e. The molecule has 0 amide bonds. The number of nitriles is 1. The van der Waals surface area contributed by atoms with Crippen LogP contribution >= 0.6 is 11.6 Å². The Balaban J connectivity index is 1.89. The highest BCUT2D eigenvalue weighted by atomic mass is 35.5. The van der Waals surface area contributed by atoms with Crippen LogP contribution < -0.4 is 14.8 Å². The van der Waals surface area contributed by atoms with E-state index in [0.717, 1.165) is 35.0 Å². The lowest BCUT2D eigenvalue weighted by atomic mass is 10.1. The van der Waals surface area contributed by atoms with E-state index in [4.69, 9.17) is 21.1 Å². The van der Waals surface area contributed by atoms with Crippen molar-refractivity contribution in [3.05, 3.63) is 52.7 Å². The first-order valence-electron chi connectivity index (χ1n) is 8.66. The van der Waals surface area contributed by atoms with Gasteiger partial charge in [-0.15, -0.1) is 0 Å². The maximum atomic E-state index is 9.61. The second-order valence-electron chi connectivity index (χ2n) is 6.52. The number of benzene rings is 2. The Labute approximate surface area is 162 Å². The van der Waals surface area contributed by atoms with Gasteiger partial charge in [-0.1, -0.05) is 11.6 Å². The Morgan fingerprint density at radius 2 is 2.00 bits per heavy atom. The summed E-state index contributed by atoms with van der Waals surface area (Å²) in [6.07, 6.45) is 3.85. The van der Waals surface area contributed by atoms with Crippen molar-refractivity contribution in [1.29, 1.82) is 5.26 Å². The van der Waals surface area contributed by atoms with Gasteiger partial charge >= 0.3 is 0 Å². The Morgan fingerprint density at radius 3 is 2.67 bits per heavy atom. The molecule has 0 unspecified atom stereocenters. The van der Waals surface area contributed by atoms with Crippen LogP contribution in [0.5, 0.6) is 11.5 Å². The van der Waals surface area contributed by atoms with Gasteiger partial charge in [0.2, 0.25) is 0 Å². The lowest BCUT2D eigenvalue weighted by Crippen LogP contribution is -2.01. The molecule has 1 heterocycles. The highest BCUT2D eigenvalue weighted by Gasteiger charge is 2.28. The zero-order valence-corrected chi connectivity index (χ0v) is 15.8. The van der Waals surface area contributed by atoms with Crippen molar-refractivity contribution in [1.82, 2.24) is 4.98 Å². The summed E-state index contributed by atoms with van der Waals surface area (Å²) < 4.78 is 10.7. The summed E-state index contributed by atoms with van der Waals surface area (Å²) in [7, 11) is 3.21. The molecule has 1 fully saturated rings. The molecule has 6 heteroatoms. The summed E-state index contributed by atoms with van der Waals surface area (Å²) in [6.45, 7) is 0. The fourth-order valence-corrected chi connectivity index (χ4v) is 3.47. The molecule has 1 aromatic heterocycles. The molecule has 5 nitrogen and oxygen atoms in total. The van der Waals surface area contributed by atoms with E-state index >= 15 is 0 Å². The number of nitrogens with one attached hydrogen (secondary N) is 1. The lowest BCUT2D eigenvalue weighted by molar-refractivity contribution is 0.415. The normalized spacial score (nSPS) is 13.3. The van der Waals surface area contributed by atoms with Crippen LogP contribution in [0.2, 0.25) is 5.02 Å². The molecule has 136 valence electrons. The Hall–Kier alpha value is -2.97. The van der Waals surface area contributed by atoms with Gasteiger partial charge in [-0.2, -0.15) is 5.26 Å². The second-order valence-corrected chi connectivity index (χ2v) is 6.92. The molecule has 0 radical (unpaired) electrons. The van der Waals surface area contributed by atoms with E-state index in [1.807, 2.05) is 30.3 Å². The van der Waals surface area contributed by atoms with Gasteiger partial charge < -0.3 is 14.8 Å². The van der Waals surface area contributed by atoms with Crippen molar-refractivity contribution in [2.24, 2.45) is 0 Å². The van der Waals surface area contributed by atoms with Crippen LogP contribution in [0.15, 0.2) is 36.5 Å². The standard InChI is InChI=1S/C21H18ClN3O2/c1-26-14-5-6-18-16(7-14)21(13(10-23)11-24-18)25-19-9-20(27-2)17(22)8-15(19)12-3-4-12/h5-9,11-12H,3-4H2,1-2H3,(H,24,25). The molecule has 0 saturated heterocycles. The molecule has 4 rings (SSSR count). The van der Waals surface area contributed by atoms with Crippen LogP contribution in [-0.2, 0) is 0 Å². The minimum atomic E-state index is 0.464. The largest absolute Gasteiger partial charge is 0.497 e. The number of nitrogens with zero attached hydrogens (tertiary/aromatic N) is 2. The molecular weight excluding hydrogens is 362 g/mol. The molecule has 0 bridgehead atoms. The molecule has 1 N–H and O–H groups in total. The van der Waals surface area contributed by atoms with E-state index in [-0.39, 0.29) is 0 Å². The van der Waals surface area contributed by atoms with Crippen molar-refractivity contribution < 1.29 is 9.47 Å². The average molecular weight is 380 g/mol. The summed E-state index contributed by atoms with van der Waals surface area (Å²) in [5, 5.41) is 14.5. The summed E-state index contributed by atoms with van der Waals surface area (Å²) in [5.74, 6) is 1.78. The van der Waals surface area contributed by atoms with Gasteiger partial charge in [-0.3, -0.25) is 4.98 Å². The van der Waals surface area contributed by atoms with E-state index in [0.29, 0.717) is 33.7 Å². The monoisotopic (exact) mass is 379 g/mol. The first kappa shape index (κ1) is 17.4. The van der Waals surface area contributed by atoms with Crippen LogP contribution in [0.3, 0.4) is 0 Å². The second kappa shape index (κ2) is 6.98. The van der Waals surface area contributed by atoms with Crippen LogP contribution in [-0.4, -0.2) is 19.2 Å². The van der Waals surface area contributed by atoms with Gasteiger partial charge in [0.1, 0.15) is 17.6 Å². The fraction of sp³-hybridized carbons (Fsp3) is 0.238. The Morgan fingerprint density at radius 1 is 1.19 bits per heavy atom. The van der Waals surface area contributed by atoms with Crippen LogP contribution in [0.25, 0.3) is 10.9 Å². The van der Waals surface area contributed by atoms with Gasteiger partial charge in [-0.05, 0) is 48.6 Å². The first-order valence-corrected chi connectivity index (χ1v) is 9.03. The number of halogens is 1. The van der Waals surface area contributed by atoms with Crippen molar-refractivity contribution in [2.75, 3.05) is 19.5 Å². The molecule has 0 spiro atoms. The molecule has 3 aromatic rings. The highest BCUT2D eigenvalue weighted by Crippen LogP contribution is 2.47. The van der Waals surface area contributed by atoms with Crippen molar-refractivity contribution in [3.63, 3.8) is 0 Å². The number of aromatic nitrogens is 1. The zero-order valence-electron chi connectivity index (χ0n) is 15.0. The number of pyridine rings is 1. The van der Waals surface area contributed by atoms with E-state index < -0.39 is 0 Å². The fourth-order valence-electron chi connectivity index (χ4n) is 3.22. The average Bonchev–Trinajstić information content (AvgIpc) is 3.53. The van der Waals surface area contributed by atoms with Crippen LogP contribution in [0, 0.1) is 11.3 Å². The topological polar surface area (TPSA) is 67.2 Å². The maximum Gasteiger partial charge on any atom is 0.139 e. The molecule has 0 aliphatic heterocycles. The van der Waals surface area contributed by atoms with E-state index in [9.17, 15) is 5.26 Å². The predicted octanol–water partition coefficient (Wildman–Crippen LogP) is 5.40.